The van der Waals surface area contributed by atoms with Gasteiger partial charge in [-0.2, -0.15) is 0 Å². The van der Waals surface area contributed by atoms with Crippen LogP contribution in [0.5, 0.6) is 0 Å². The van der Waals surface area contributed by atoms with E-state index >= 15 is 0 Å². The van der Waals surface area contributed by atoms with Crippen molar-refractivity contribution in [2.75, 3.05) is 26.8 Å². The summed E-state index contributed by atoms with van der Waals surface area (Å²) in [4.78, 5) is 11.5. The molecule has 0 radical (unpaired) electrons. The van der Waals surface area contributed by atoms with E-state index in [4.69, 9.17) is 10.5 Å². The van der Waals surface area contributed by atoms with E-state index in [0.717, 1.165) is 6.42 Å². The molecule has 7 nitrogen and oxygen atoms in total. The number of carbonyl (C=O) groups is 1. The predicted octanol–water partition coefficient (Wildman–Crippen LogP) is -0.997. The van der Waals surface area contributed by atoms with E-state index in [1.54, 1.807) is 18.0 Å². The van der Waals surface area contributed by atoms with E-state index in [1.165, 1.54) is 0 Å². The van der Waals surface area contributed by atoms with Crippen LogP contribution in [0, 0.1) is 0 Å². The highest BCUT2D eigenvalue weighted by atomic mass is 16.5. The SMILES string of the molecule is COCCCNC(=O)c1cn(CCN)nn1. The summed E-state index contributed by atoms with van der Waals surface area (Å²) in [5, 5.41) is 10.2. The van der Waals surface area contributed by atoms with Gasteiger partial charge < -0.3 is 15.8 Å². The van der Waals surface area contributed by atoms with Gasteiger partial charge >= 0.3 is 0 Å². The number of hydrogen-bond donors (Lipinski definition) is 2. The monoisotopic (exact) mass is 227 g/mol. The van der Waals surface area contributed by atoms with E-state index < -0.39 is 0 Å². The largest absolute Gasteiger partial charge is 0.385 e. The number of rotatable bonds is 7. The zero-order valence-corrected chi connectivity index (χ0v) is 9.35. The van der Waals surface area contributed by atoms with E-state index in [1.807, 2.05) is 0 Å². The van der Waals surface area contributed by atoms with Gasteiger partial charge in [-0.15, -0.1) is 5.10 Å². The highest BCUT2D eigenvalue weighted by Gasteiger charge is 2.09. The van der Waals surface area contributed by atoms with Crippen LogP contribution in [0.15, 0.2) is 6.20 Å². The van der Waals surface area contributed by atoms with Crippen molar-refractivity contribution in [3.05, 3.63) is 11.9 Å². The van der Waals surface area contributed by atoms with Crippen LogP contribution in [-0.4, -0.2) is 47.7 Å². The summed E-state index contributed by atoms with van der Waals surface area (Å²) in [6, 6.07) is 0. The lowest BCUT2D eigenvalue weighted by Crippen LogP contribution is -2.25. The topological polar surface area (TPSA) is 95.1 Å². The van der Waals surface area contributed by atoms with Crippen LogP contribution in [-0.2, 0) is 11.3 Å². The molecule has 0 saturated carbocycles. The van der Waals surface area contributed by atoms with Crippen LogP contribution in [0.4, 0.5) is 0 Å². The average Bonchev–Trinajstić information content (AvgIpc) is 2.73. The summed E-state index contributed by atoms with van der Waals surface area (Å²) in [5.74, 6) is -0.223. The third kappa shape index (κ3) is 3.95. The maximum absolute atomic E-state index is 11.5. The molecule has 1 amide bonds. The molecule has 1 heterocycles. The van der Waals surface area contributed by atoms with E-state index in [9.17, 15) is 4.79 Å². The van der Waals surface area contributed by atoms with Crippen LogP contribution in [0.1, 0.15) is 16.9 Å². The Kier molecular flexibility index (Phi) is 5.44. The lowest BCUT2D eigenvalue weighted by molar-refractivity contribution is 0.0943. The number of nitrogens with two attached hydrogens (primary N) is 1. The Bertz CT molecular complexity index is 325. The number of methoxy groups -OCH3 is 1. The van der Waals surface area contributed by atoms with Crippen molar-refractivity contribution in [2.45, 2.75) is 13.0 Å². The van der Waals surface area contributed by atoms with Crippen LogP contribution in [0.25, 0.3) is 0 Å². The molecule has 0 aromatic carbocycles. The highest BCUT2D eigenvalue weighted by Crippen LogP contribution is 1.92. The van der Waals surface area contributed by atoms with E-state index in [0.29, 0.717) is 31.9 Å². The van der Waals surface area contributed by atoms with Crippen LogP contribution in [0.2, 0.25) is 0 Å². The molecular formula is C9H17N5O2. The van der Waals surface area contributed by atoms with Crippen molar-refractivity contribution in [2.24, 2.45) is 5.73 Å². The Morgan fingerprint density at radius 2 is 2.50 bits per heavy atom. The van der Waals surface area contributed by atoms with Gasteiger partial charge in [0.15, 0.2) is 5.69 Å². The molecule has 3 N–H and O–H groups in total. The number of nitrogens with zero attached hydrogens (tertiary/aromatic N) is 3. The molecule has 16 heavy (non-hydrogen) atoms. The minimum Gasteiger partial charge on any atom is -0.385 e. The molecule has 0 bridgehead atoms. The molecular weight excluding hydrogens is 210 g/mol. The summed E-state index contributed by atoms with van der Waals surface area (Å²) in [6.07, 6.45) is 2.36. The van der Waals surface area contributed by atoms with Gasteiger partial charge in [0.2, 0.25) is 0 Å². The van der Waals surface area contributed by atoms with Gasteiger partial charge in [-0.25, -0.2) is 0 Å². The molecule has 90 valence electrons. The molecule has 0 aliphatic carbocycles. The predicted molar refractivity (Wildman–Crippen MR) is 57.9 cm³/mol. The number of hydrogen-bond acceptors (Lipinski definition) is 5. The zero-order valence-electron chi connectivity index (χ0n) is 9.35. The molecule has 0 saturated heterocycles. The molecule has 1 rings (SSSR count). The van der Waals surface area contributed by atoms with Crippen molar-refractivity contribution in [1.82, 2.24) is 20.3 Å². The quantitative estimate of drug-likeness (QED) is 0.583. The first kappa shape index (κ1) is 12.6. The minimum atomic E-state index is -0.223. The van der Waals surface area contributed by atoms with Gasteiger partial charge in [0, 0.05) is 26.8 Å². The van der Waals surface area contributed by atoms with Crippen molar-refractivity contribution in [3.63, 3.8) is 0 Å². The first-order valence-electron chi connectivity index (χ1n) is 5.15. The Morgan fingerprint density at radius 1 is 1.69 bits per heavy atom. The van der Waals surface area contributed by atoms with Gasteiger partial charge in [-0.3, -0.25) is 9.48 Å². The standard InChI is InChI=1S/C9H17N5O2/c1-16-6-2-4-11-9(15)8-7-14(5-3-10)13-12-8/h7H,2-6,10H2,1H3,(H,11,15). The Labute approximate surface area is 93.9 Å². The fourth-order valence-electron chi connectivity index (χ4n) is 1.15. The normalized spacial score (nSPS) is 10.4. The summed E-state index contributed by atoms with van der Waals surface area (Å²) < 4.78 is 6.41. The number of ether oxygens (including phenoxy) is 1. The van der Waals surface area contributed by atoms with E-state index in [-0.39, 0.29) is 5.91 Å². The minimum absolute atomic E-state index is 0.223. The van der Waals surface area contributed by atoms with Crippen molar-refractivity contribution >= 4 is 5.91 Å². The van der Waals surface area contributed by atoms with Crippen molar-refractivity contribution in [3.8, 4) is 0 Å². The van der Waals surface area contributed by atoms with Crippen LogP contribution in [0.3, 0.4) is 0 Å². The number of aromatic nitrogens is 3. The number of amides is 1. The van der Waals surface area contributed by atoms with Crippen molar-refractivity contribution < 1.29 is 9.53 Å². The first-order chi connectivity index (χ1) is 7.77. The molecule has 1 aromatic rings. The van der Waals surface area contributed by atoms with Gasteiger partial charge in [0.1, 0.15) is 0 Å². The Balaban J connectivity index is 2.34. The summed E-state index contributed by atoms with van der Waals surface area (Å²) in [6.45, 7) is 2.22. The fraction of sp³-hybridized carbons (Fsp3) is 0.667. The molecule has 0 unspecified atom stereocenters. The summed E-state index contributed by atoms with van der Waals surface area (Å²) in [7, 11) is 1.63. The van der Waals surface area contributed by atoms with Gasteiger partial charge in [0.05, 0.1) is 12.7 Å². The summed E-state index contributed by atoms with van der Waals surface area (Å²) >= 11 is 0. The highest BCUT2D eigenvalue weighted by molar-refractivity contribution is 5.91. The molecule has 1 aromatic heterocycles. The first-order valence-corrected chi connectivity index (χ1v) is 5.15. The lowest BCUT2D eigenvalue weighted by Gasteiger charge is -2.01. The molecule has 0 atom stereocenters. The second-order valence-corrected chi connectivity index (χ2v) is 3.26. The maximum atomic E-state index is 11.5. The number of nitrogens with one attached hydrogen (secondary N) is 1. The third-order valence-corrected chi connectivity index (χ3v) is 1.94. The molecule has 0 fully saturated rings. The van der Waals surface area contributed by atoms with Gasteiger partial charge in [-0.1, -0.05) is 5.21 Å². The van der Waals surface area contributed by atoms with Gasteiger partial charge in [-0.05, 0) is 6.42 Å². The molecule has 7 heteroatoms. The second-order valence-electron chi connectivity index (χ2n) is 3.26. The molecule has 0 spiro atoms. The number of carbonyl (C=O) groups excluding carboxylic acids is 1. The lowest BCUT2D eigenvalue weighted by atomic mass is 10.4. The maximum Gasteiger partial charge on any atom is 0.273 e. The average molecular weight is 227 g/mol. The molecule has 0 aliphatic heterocycles. The van der Waals surface area contributed by atoms with Crippen LogP contribution < -0.4 is 11.1 Å². The van der Waals surface area contributed by atoms with E-state index in [2.05, 4.69) is 15.6 Å². The summed E-state index contributed by atoms with van der Waals surface area (Å²) in [5.41, 5.74) is 5.67. The van der Waals surface area contributed by atoms with Gasteiger partial charge in [0.25, 0.3) is 5.91 Å². The van der Waals surface area contributed by atoms with Crippen LogP contribution >= 0.6 is 0 Å². The fourth-order valence-corrected chi connectivity index (χ4v) is 1.15. The second kappa shape index (κ2) is 6.91. The smallest absolute Gasteiger partial charge is 0.273 e. The van der Waals surface area contributed by atoms with Crippen molar-refractivity contribution in [1.29, 1.82) is 0 Å². The zero-order chi connectivity index (χ0) is 11.8. The third-order valence-electron chi connectivity index (χ3n) is 1.94. The Morgan fingerprint density at radius 3 is 3.19 bits per heavy atom. The Hall–Kier alpha value is -1.47. The molecule has 0 aliphatic rings.